The van der Waals surface area contributed by atoms with Crippen molar-refractivity contribution < 1.29 is 66.4 Å². The lowest BCUT2D eigenvalue weighted by Gasteiger charge is -2.32. The number of ether oxygens (including phenoxy) is 3. The quantitative estimate of drug-likeness (QED) is 0.0511. The van der Waals surface area contributed by atoms with Gasteiger partial charge in [0, 0.05) is 43.5 Å². The highest BCUT2D eigenvalue weighted by Crippen LogP contribution is 2.46. The van der Waals surface area contributed by atoms with Crippen molar-refractivity contribution in [2.45, 2.75) is 62.8 Å². The monoisotopic (exact) mass is 993 g/mol. The number of imide groups is 2. The Kier molecular flexibility index (Phi) is 16.3. The molecular weight excluding hydrogens is 946 g/mol. The summed E-state index contributed by atoms with van der Waals surface area (Å²) in [7, 11) is -3.70. The van der Waals surface area contributed by atoms with Gasteiger partial charge in [0.15, 0.2) is 17.2 Å². The van der Waals surface area contributed by atoms with Gasteiger partial charge in [0.1, 0.15) is 11.1 Å². The average Bonchev–Trinajstić information content (AvgIpc) is 3.77. The van der Waals surface area contributed by atoms with Crippen LogP contribution in [-0.2, 0) is 50.8 Å². The molecule has 1 atom stereocenters. The van der Waals surface area contributed by atoms with E-state index in [1.807, 2.05) is 6.07 Å². The summed E-state index contributed by atoms with van der Waals surface area (Å²) in [5.41, 5.74) is 3.41. The highest BCUT2D eigenvalue weighted by molar-refractivity contribution is 7.88. The summed E-state index contributed by atoms with van der Waals surface area (Å²) in [6.07, 6.45) is 2.19. The normalized spacial score (nSPS) is 16.7. The fraction of sp³-hybridized carbons (Fsp3) is 0.370. The fourth-order valence-electron chi connectivity index (χ4n) is 8.16. The van der Waals surface area contributed by atoms with Crippen LogP contribution in [0.2, 0.25) is 5.02 Å². The third kappa shape index (κ3) is 12.1. The smallest absolute Gasteiger partial charge is 0.349 e. The topological polar surface area (TPSA) is 264 Å². The summed E-state index contributed by atoms with van der Waals surface area (Å²) in [4.78, 5) is 87.0. The lowest BCUT2D eigenvalue weighted by molar-refractivity contribution is -0.139. The zero-order valence-corrected chi connectivity index (χ0v) is 38.9. The number of hydrogen-bond acceptors (Lipinski definition) is 14. The van der Waals surface area contributed by atoms with Crippen LogP contribution < -0.4 is 20.7 Å². The van der Waals surface area contributed by atoms with Gasteiger partial charge in [-0.3, -0.25) is 34.2 Å². The SMILES string of the molecule is O=C(O)COc1c(C(=O)O)sc(-c2cccc(NC3CCN(S(=O)(=O)Cc4cccc(NC(=O)CCOCCOCCCc5cccc6c5C(=O)N(C5CCC(=O)NC5=O)C6=O)c4)CC3)c2)c1Cl. The number of carboxylic acids is 2. The van der Waals surface area contributed by atoms with Gasteiger partial charge in [0.2, 0.25) is 27.7 Å². The summed E-state index contributed by atoms with van der Waals surface area (Å²) in [6, 6.07) is 17.7. The average molecular weight is 994 g/mol. The summed E-state index contributed by atoms with van der Waals surface area (Å²) in [5.74, 6) is -5.57. The van der Waals surface area contributed by atoms with Crippen molar-refractivity contribution in [3.8, 4) is 16.2 Å². The number of aliphatic carboxylic acids is 1. The van der Waals surface area contributed by atoms with Crippen LogP contribution in [0, 0.1) is 0 Å². The predicted molar refractivity (Wildman–Crippen MR) is 248 cm³/mol. The zero-order valence-electron chi connectivity index (χ0n) is 36.5. The summed E-state index contributed by atoms with van der Waals surface area (Å²) in [5, 5.41) is 27.0. The second-order valence-electron chi connectivity index (χ2n) is 16.2. The van der Waals surface area contributed by atoms with Crippen molar-refractivity contribution in [2.75, 3.05) is 56.8 Å². The number of rotatable bonds is 22. The number of thiophene rings is 1. The van der Waals surface area contributed by atoms with Crippen LogP contribution in [0.1, 0.15) is 80.0 Å². The Balaban J connectivity index is 0.791. The van der Waals surface area contributed by atoms with Crippen LogP contribution in [0.25, 0.3) is 10.4 Å². The van der Waals surface area contributed by atoms with Crippen molar-refractivity contribution in [2.24, 2.45) is 0 Å². The minimum Gasteiger partial charge on any atom is -0.479 e. The van der Waals surface area contributed by atoms with Crippen molar-refractivity contribution in [1.82, 2.24) is 14.5 Å². The molecule has 3 aliphatic rings. The molecule has 4 aromatic rings. The van der Waals surface area contributed by atoms with Crippen LogP contribution in [0.4, 0.5) is 11.4 Å². The third-order valence-electron chi connectivity index (χ3n) is 11.4. The molecule has 360 valence electrons. The molecule has 0 radical (unpaired) electrons. The zero-order chi connectivity index (χ0) is 48.5. The number of carbonyl (C=O) groups is 7. The maximum Gasteiger partial charge on any atom is 0.349 e. The second kappa shape index (κ2) is 22.3. The predicted octanol–water partition coefficient (Wildman–Crippen LogP) is 5.03. The number of piperidine rings is 2. The molecule has 19 nitrogen and oxygen atoms in total. The van der Waals surface area contributed by atoms with E-state index in [1.54, 1.807) is 60.7 Å². The molecule has 0 bridgehead atoms. The van der Waals surface area contributed by atoms with Crippen molar-refractivity contribution in [3.63, 3.8) is 0 Å². The minimum absolute atomic E-state index is 0.00661. The Morgan fingerprint density at radius 2 is 1.59 bits per heavy atom. The number of fused-ring (bicyclic) bond motifs is 1. The van der Waals surface area contributed by atoms with Crippen LogP contribution >= 0.6 is 22.9 Å². The highest BCUT2D eigenvalue weighted by Gasteiger charge is 2.45. The van der Waals surface area contributed by atoms with Gasteiger partial charge in [-0.2, -0.15) is 0 Å². The number of hydrogen-bond donors (Lipinski definition) is 5. The number of sulfonamides is 1. The number of carboxylic acid groups (broad SMARTS) is 2. The molecule has 3 aromatic carbocycles. The molecule has 7 rings (SSSR count). The number of aromatic carboxylic acids is 1. The Bertz CT molecular complexity index is 2720. The van der Waals surface area contributed by atoms with Gasteiger partial charge < -0.3 is 35.1 Å². The number of nitrogens with one attached hydrogen (secondary N) is 3. The highest BCUT2D eigenvalue weighted by atomic mass is 35.5. The molecule has 2 fully saturated rings. The van der Waals surface area contributed by atoms with Gasteiger partial charge in [0.05, 0.1) is 48.0 Å². The van der Waals surface area contributed by atoms with E-state index in [9.17, 15) is 47.1 Å². The van der Waals surface area contributed by atoms with E-state index in [-0.39, 0.29) is 96.7 Å². The molecule has 0 saturated carbocycles. The fourth-order valence-corrected chi connectivity index (χ4v) is 11.1. The number of halogens is 1. The van der Waals surface area contributed by atoms with E-state index in [0.717, 1.165) is 16.2 Å². The third-order valence-corrected chi connectivity index (χ3v) is 14.9. The Labute approximate surface area is 399 Å². The molecule has 0 spiro atoms. The second-order valence-corrected chi connectivity index (χ2v) is 19.5. The van der Waals surface area contributed by atoms with E-state index < -0.39 is 58.2 Å². The first kappa shape index (κ1) is 49.7. The van der Waals surface area contributed by atoms with Gasteiger partial charge >= 0.3 is 11.9 Å². The molecule has 1 aromatic heterocycles. The molecule has 3 aliphatic heterocycles. The van der Waals surface area contributed by atoms with Crippen molar-refractivity contribution in [3.05, 3.63) is 98.9 Å². The van der Waals surface area contributed by atoms with Gasteiger partial charge in [0.25, 0.3) is 11.8 Å². The maximum atomic E-state index is 13.5. The van der Waals surface area contributed by atoms with Crippen molar-refractivity contribution in [1.29, 1.82) is 0 Å². The van der Waals surface area contributed by atoms with Gasteiger partial charge in [-0.05, 0) is 79.1 Å². The first-order chi connectivity index (χ1) is 32.6. The summed E-state index contributed by atoms with van der Waals surface area (Å²) in [6.45, 7) is 0.756. The van der Waals surface area contributed by atoms with E-state index in [2.05, 4.69) is 16.0 Å². The minimum atomic E-state index is -3.70. The Hall–Kier alpha value is -6.23. The van der Waals surface area contributed by atoms with Gasteiger partial charge in [-0.25, -0.2) is 22.3 Å². The molecule has 22 heteroatoms. The Morgan fingerprint density at radius 1 is 0.868 bits per heavy atom. The van der Waals surface area contributed by atoms with E-state index in [4.69, 9.17) is 30.9 Å². The van der Waals surface area contributed by atoms with Gasteiger partial charge in [-0.15, -0.1) is 11.3 Å². The van der Waals surface area contributed by atoms with Crippen LogP contribution in [0.5, 0.6) is 5.75 Å². The number of amides is 5. The van der Waals surface area contributed by atoms with Crippen LogP contribution in [0.15, 0.2) is 66.7 Å². The first-order valence-corrected chi connectivity index (χ1v) is 24.5. The molecule has 2 saturated heterocycles. The van der Waals surface area contributed by atoms with E-state index in [0.29, 0.717) is 65.2 Å². The standard InChI is InChI=1S/C46H48ClN5O14S2/c47-39-40(66-25-37(55)56)42(46(60)61)67-41(39)29-7-2-10-32(24-29)48-30-14-17-51(18-15-30)68(62,63)26-27-5-1-9-31(23-27)49-36(54)16-20-65-22-21-64-19-4-8-28-6-3-11-33-38(28)45(59)52(44(33)58)34-12-13-35(53)50-43(34)57/h1-3,5-7,9-11,23-24,30,34,48H,4,8,12-22,25-26H2,(H,49,54)(H,55,56)(H,60,61)(H,50,53,57). The summed E-state index contributed by atoms with van der Waals surface area (Å²) >= 11 is 7.34. The lowest BCUT2D eigenvalue weighted by Crippen LogP contribution is -2.54. The van der Waals surface area contributed by atoms with E-state index in [1.165, 1.54) is 4.31 Å². The molecule has 68 heavy (non-hydrogen) atoms. The largest absolute Gasteiger partial charge is 0.479 e. The molecule has 4 heterocycles. The molecule has 5 amide bonds. The van der Waals surface area contributed by atoms with Crippen LogP contribution in [0.3, 0.4) is 0 Å². The lowest BCUT2D eigenvalue weighted by atomic mass is 9.99. The molecular formula is C46H48ClN5O14S2. The van der Waals surface area contributed by atoms with Crippen LogP contribution in [-0.4, -0.2) is 128 Å². The number of benzene rings is 3. The van der Waals surface area contributed by atoms with E-state index >= 15 is 0 Å². The molecule has 1 unspecified atom stereocenters. The van der Waals surface area contributed by atoms with Gasteiger partial charge in [-0.1, -0.05) is 48.0 Å². The maximum absolute atomic E-state index is 13.5. The number of nitrogens with zero attached hydrogens (tertiary/aromatic N) is 2. The number of anilines is 2. The van der Waals surface area contributed by atoms with Crippen molar-refractivity contribution >= 4 is 85.8 Å². The molecule has 5 N–H and O–H groups in total. The molecule has 0 aliphatic carbocycles. The number of aryl methyl sites for hydroxylation is 1. The first-order valence-electron chi connectivity index (χ1n) is 21.7. The summed E-state index contributed by atoms with van der Waals surface area (Å²) < 4.78 is 44.9. The Morgan fingerprint density at radius 3 is 2.32 bits per heavy atom. The number of carbonyl (C=O) groups excluding carboxylic acids is 5.